The van der Waals surface area contributed by atoms with E-state index in [1.807, 2.05) is 11.4 Å². The van der Waals surface area contributed by atoms with E-state index in [1.165, 1.54) is 10.4 Å². The number of ether oxygens (including phenoxy) is 2. The number of carbonyl (C=O) groups excluding carboxylic acids is 1. The Kier molecular flexibility index (Phi) is 6.68. The van der Waals surface area contributed by atoms with E-state index in [-0.39, 0.29) is 18.5 Å². The number of benzene rings is 2. The second-order valence-corrected chi connectivity index (χ2v) is 7.33. The zero-order valence-corrected chi connectivity index (χ0v) is 17.0. The van der Waals surface area contributed by atoms with E-state index in [0.717, 1.165) is 5.56 Å². The molecule has 2 aromatic carbocycles. The molecule has 0 saturated heterocycles. The largest absolute Gasteiger partial charge is 0.497 e. The molecule has 5 nitrogen and oxygen atoms in total. The third kappa shape index (κ3) is 4.91. The van der Waals surface area contributed by atoms with Gasteiger partial charge in [0, 0.05) is 10.9 Å². The van der Waals surface area contributed by atoms with Crippen LogP contribution in [0.5, 0.6) is 11.5 Å². The molecule has 0 unspecified atom stereocenters. The van der Waals surface area contributed by atoms with Gasteiger partial charge in [-0.25, -0.2) is 0 Å². The molecular weight excluding hydrogens is 372 g/mol. The van der Waals surface area contributed by atoms with Crippen molar-refractivity contribution >= 4 is 22.9 Å². The Morgan fingerprint density at radius 1 is 1.07 bits per heavy atom. The van der Waals surface area contributed by atoms with E-state index in [1.54, 1.807) is 43.8 Å². The van der Waals surface area contributed by atoms with Crippen LogP contribution in [-0.2, 0) is 4.79 Å². The molecule has 1 atom stereocenters. The molecule has 28 heavy (non-hydrogen) atoms. The number of hydrogen-bond donors (Lipinski definition) is 2. The highest BCUT2D eigenvalue weighted by atomic mass is 32.1. The van der Waals surface area contributed by atoms with E-state index in [2.05, 4.69) is 47.9 Å². The molecule has 0 aliphatic rings. The summed E-state index contributed by atoms with van der Waals surface area (Å²) in [5.41, 5.74) is 2.94. The summed E-state index contributed by atoms with van der Waals surface area (Å²) in [6, 6.07) is 17.7. The van der Waals surface area contributed by atoms with Gasteiger partial charge < -0.3 is 14.8 Å². The van der Waals surface area contributed by atoms with E-state index >= 15 is 0 Å². The summed E-state index contributed by atoms with van der Waals surface area (Å²) in [4.78, 5) is 13.7. The van der Waals surface area contributed by atoms with Crippen molar-refractivity contribution in [2.24, 2.45) is 0 Å². The van der Waals surface area contributed by atoms with Crippen molar-refractivity contribution < 1.29 is 14.3 Å². The SMILES string of the molecule is COc1ccc(NC(=O)CN[C@@H](c2ccc(C)cc2)c2cccs2)c(OC)c1. The summed E-state index contributed by atoms with van der Waals surface area (Å²) in [5, 5.41) is 8.31. The Morgan fingerprint density at radius 3 is 2.50 bits per heavy atom. The Bertz CT molecular complexity index is 908. The van der Waals surface area contributed by atoms with E-state index < -0.39 is 0 Å². The van der Waals surface area contributed by atoms with Crippen LogP contribution in [0.25, 0.3) is 0 Å². The fourth-order valence-electron chi connectivity index (χ4n) is 2.89. The molecule has 0 aliphatic carbocycles. The first-order chi connectivity index (χ1) is 13.6. The summed E-state index contributed by atoms with van der Waals surface area (Å²) >= 11 is 1.67. The summed E-state index contributed by atoms with van der Waals surface area (Å²) in [6.45, 7) is 2.23. The number of anilines is 1. The van der Waals surface area contributed by atoms with Crippen molar-refractivity contribution in [3.05, 3.63) is 76.0 Å². The molecule has 0 radical (unpaired) electrons. The van der Waals surface area contributed by atoms with Crippen LogP contribution in [0.3, 0.4) is 0 Å². The van der Waals surface area contributed by atoms with Gasteiger partial charge in [-0.1, -0.05) is 35.9 Å². The van der Waals surface area contributed by atoms with Gasteiger partial charge in [0.05, 0.1) is 32.5 Å². The lowest BCUT2D eigenvalue weighted by Crippen LogP contribution is -2.31. The third-order valence-electron chi connectivity index (χ3n) is 4.39. The topological polar surface area (TPSA) is 59.6 Å². The number of amides is 1. The second kappa shape index (κ2) is 9.39. The Morgan fingerprint density at radius 2 is 1.86 bits per heavy atom. The molecule has 1 amide bonds. The van der Waals surface area contributed by atoms with Crippen LogP contribution >= 0.6 is 11.3 Å². The normalized spacial score (nSPS) is 11.7. The van der Waals surface area contributed by atoms with Gasteiger partial charge in [-0.05, 0) is 36.1 Å². The van der Waals surface area contributed by atoms with Crippen LogP contribution in [-0.4, -0.2) is 26.7 Å². The minimum Gasteiger partial charge on any atom is -0.497 e. The third-order valence-corrected chi connectivity index (χ3v) is 5.33. The van der Waals surface area contributed by atoms with Crippen LogP contribution in [0.1, 0.15) is 22.0 Å². The molecule has 146 valence electrons. The van der Waals surface area contributed by atoms with Crippen LogP contribution in [0, 0.1) is 6.92 Å². The first kappa shape index (κ1) is 19.9. The molecule has 0 fully saturated rings. The molecule has 1 heterocycles. The lowest BCUT2D eigenvalue weighted by Gasteiger charge is -2.18. The monoisotopic (exact) mass is 396 g/mol. The Balaban J connectivity index is 1.70. The highest BCUT2D eigenvalue weighted by Gasteiger charge is 2.17. The lowest BCUT2D eigenvalue weighted by molar-refractivity contribution is -0.115. The quantitative estimate of drug-likeness (QED) is 0.593. The molecule has 3 rings (SSSR count). The fraction of sp³-hybridized carbons (Fsp3) is 0.227. The first-order valence-electron chi connectivity index (χ1n) is 8.96. The van der Waals surface area contributed by atoms with Gasteiger partial charge in [-0.15, -0.1) is 11.3 Å². The maximum absolute atomic E-state index is 12.5. The van der Waals surface area contributed by atoms with Crippen molar-refractivity contribution in [1.82, 2.24) is 5.32 Å². The van der Waals surface area contributed by atoms with Crippen molar-refractivity contribution in [2.45, 2.75) is 13.0 Å². The van der Waals surface area contributed by atoms with E-state index in [0.29, 0.717) is 17.2 Å². The van der Waals surface area contributed by atoms with Crippen molar-refractivity contribution in [3.63, 3.8) is 0 Å². The van der Waals surface area contributed by atoms with Crippen LogP contribution in [0.2, 0.25) is 0 Å². The van der Waals surface area contributed by atoms with Crippen molar-refractivity contribution in [1.29, 1.82) is 0 Å². The number of methoxy groups -OCH3 is 2. The smallest absolute Gasteiger partial charge is 0.238 e. The van der Waals surface area contributed by atoms with Gasteiger partial charge in [-0.2, -0.15) is 0 Å². The molecule has 0 aliphatic heterocycles. The number of carbonyl (C=O) groups is 1. The minimum absolute atomic E-state index is 0.0379. The van der Waals surface area contributed by atoms with Crippen LogP contribution < -0.4 is 20.1 Å². The number of rotatable bonds is 8. The van der Waals surface area contributed by atoms with Gasteiger partial charge in [0.15, 0.2) is 0 Å². The first-order valence-corrected chi connectivity index (χ1v) is 9.84. The zero-order valence-electron chi connectivity index (χ0n) is 16.2. The second-order valence-electron chi connectivity index (χ2n) is 6.35. The summed E-state index contributed by atoms with van der Waals surface area (Å²) in [5.74, 6) is 1.09. The highest BCUT2D eigenvalue weighted by Crippen LogP contribution is 2.29. The molecule has 0 bridgehead atoms. The Hall–Kier alpha value is -2.83. The predicted molar refractivity (Wildman–Crippen MR) is 114 cm³/mol. The zero-order chi connectivity index (χ0) is 19.9. The molecule has 0 saturated carbocycles. The highest BCUT2D eigenvalue weighted by molar-refractivity contribution is 7.10. The molecule has 0 spiro atoms. The average Bonchev–Trinajstić information content (AvgIpc) is 3.24. The molecule has 1 aromatic heterocycles. The van der Waals surface area contributed by atoms with Gasteiger partial charge >= 0.3 is 0 Å². The predicted octanol–water partition coefficient (Wildman–Crippen LogP) is 4.39. The summed E-state index contributed by atoms with van der Waals surface area (Å²) < 4.78 is 10.5. The number of thiophene rings is 1. The standard InChI is InChI=1S/C22H24N2O3S/c1-15-6-8-16(9-7-15)22(20-5-4-12-28-20)23-14-21(25)24-18-11-10-17(26-2)13-19(18)27-3/h4-13,22-23H,14H2,1-3H3,(H,24,25)/t22-/m0/s1. The number of nitrogens with one attached hydrogen (secondary N) is 2. The van der Waals surface area contributed by atoms with Gasteiger partial charge in [0.2, 0.25) is 5.91 Å². The lowest BCUT2D eigenvalue weighted by atomic mass is 10.0. The fourth-order valence-corrected chi connectivity index (χ4v) is 3.71. The average molecular weight is 397 g/mol. The maximum Gasteiger partial charge on any atom is 0.238 e. The molecular formula is C22H24N2O3S. The summed E-state index contributed by atoms with van der Waals surface area (Å²) in [6.07, 6.45) is 0. The van der Waals surface area contributed by atoms with Gasteiger partial charge in [0.1, 0.15) is 11.5 Å². The number of aryl methyl sites for hydroxylation is 1. The minimum atomic E-state index is -0.142. The van der Waals surface area contributed by atoms with Crippen LogP contribution in [0.15, 0.2) is 60.0 Å². The van der Waals surface area contributed by atoms with Gasteiger partial charge in [0.25, 0.3) is 0 Å². The van der Waals surface area contributed by atoms with Crippen LogP contribution in [0.4, 0.5) is 5.69 Å². The van der Waals surface area contributed by atoms with Crippen molar-refractivity contribution in [2.75, 3.05) is 26.1 Å². The molecule has 3 aromatic rings. The van der Waals surface area contributed by atoms with Crippen molar-refractivity contribution in [3.8, 4) is 11.5 Å². The summed E-state index contributed by atoms with van der Waals surface area (Å²) in [7, 11) is 3.15. The number of hydrogen-bond acceptors (Lipinski definition) is 5. The molecule has 6 heteroatoms. The Labute approximate surface area is 169 Å². The van der Waals surface area contributed by atoms with E-state index in [9.17, 15) is 4.79 Å². The maximum atomic E-state index is 12.5. The van der Waals surface area contributed by atoms with Gasteiger partial charge in [-0.3, -0.25) is 10.1 Å². The molecule has 2 N–H and O–H groups in total. The van der Waals surface area contributed by atoms with E-state index in [4.69, 9.17) is 9.47 Å².